The lowest BCUT2D eigenvalue weighted by molar-refractivity contribution is 0.283. The van der Waals surface area contributed by atoms with E-state index in [2.05, 4.69) is 65.7 Å². The fourth-order valence-electron chi connectivity index (χ4n) is 3.83. The van der Waals surface area contributed by atoms with Crippen LogP contribution in [0.2, 0.25) is 0 Å². The number of hydrogen-bond donors (Lipinski definition) is 1. The number of anilines is 1. The molecule has 4 heteroatoms. The largest absolute Gasteiger partial charge is 0.384 e. The van der Waals surface area contributed by atoms with Crippen LogP contribution in [-0.4, -0.2) is 41.9 Å². The number of benzene rings is 2. The molecule has 0 atom stereocenters. The second-order valence-electron chi connectivity index (χ2n) is 7.39. The Bertz CT molecular complexity index is 805. The van der Waals surface area contributed by atoms with Crippen molar-refractivity contribution in [3.8, 4) is 0 Å². The van der Waals surface area contributed by atoms with Gasteiger partial charge < -0.3 is 10.2 Å². The summed E-state index contributed by atoms with van der Waals surface area (Å²) in [5.41, 5.74) is 3.33. The molecule has 0 fully saturated rings. The first kappa shape index (κ1) is 20.9. The number of rotatable bonds is 12. The van der Waals surface area contributed by atoms with Crippen LogP contribution in [0, 0.1) is 0 Å². The Labute approximate surface area is 174 Å². The maximum absolute atomic E-state index is 5.90. The molecule has 1 heterocycles. The van der Waals surface area contributed by atoms with Gasteiger partial charge in [-0.05, 0) is 44.5 Å². The van der Waals surface area contributed by atoms with Crippen LogP contribution in [0.15, 0.2) is 48.5 Å². The van der Waals surface area contributed by atoms with Crippen LogP contribution in [0.1, 0.15) is 39.0 Å². The number of aromatic nitrogens is 1. The van der Waals surface area contributed by atoms with Gasteiger partial charge >= 0.3 is 0 Å². The normalized spacial score (nSPS) is 11.5. The Hall–Kier alpha value is -1.84. The molecule has 1 N–H and O–H groups in total. The first-order valence-electron chi connectivity index (χ1n) is 10.6. The van der Waals surface area contributed by atoms with Crippen LogP contribution in [-0.2, 0) is 0 Å². The van der Waals surface area contributed by atoms with E-state index in [-0.39, 0.29) is 0 Å². The number of hydrogen-bond acceptors (Lipinski definition) is 3. The average molecular weight is 398 g/mol. The SMILES string of the molecule is CCCN(CCCl)CCCCCCNc1c2ccccc2nc2ccccc12. The van der Waals surface area contributed by atoms with Crippen molar-refractivity contribution in [2.45, 2.75) is 39.0 Å². The van der Waals surface area contributed by atoms with Gasteiger partial charge in [-0.25, -0.2) is 4.98 Å². The highest BCUT2D eigenvalue weighted by atomic mass is 35.5. The number of fused-ring (bicyclic) bond motifs is 2. The quantitative estimate of drug-likeness (QED) is 0.220. The minimum atomic E-state index is 0.734. The fraction of sp³-hybridized carbons (Fsp3) is 0.458. The van der Waals surface area contributed by atoms with E-state index in [0.717, 1.165) is 36.5 Å². The first-order valence-corrected chi connectivity index (χ1v) is 11.2. The van der Waals surface area contributed by atoms with E-state index < -0.39 is 0 Å². The van der Waals surface area contributed by atoms with Gasteiger partial charge in [-0.2, -0.15) is 0 Å². The lowest BCUT2D eigenvalue weighted by Crippen LogP contribution is -2.27. The van der Waals surface area contributed by atoms with Crippen LogP contribution in [0.3, 0.4) is 0 Å². The average Bonchev–Trinajstić information content (AvgIpc) is 2.72. The summed E-state index contributed by atoms with van der Waals surface area (Å²) in [5.74, 6) is 0.734. The molecule has 0 amide bonds. The molecule has 0 saturated heterocycles. The fourth-order valence-corrected chi connectivity index (χ4v) is 4.07. The highest BCUT2D eigenvalue weighted by Crippen LogP contribution is 2.30. The molecule has 28 heavy (non-hydrogen) atoms. The smallest absolute Gasteiger partial charge is 0.0730 e. The lowest BCUT2D eigenvalue weighted by atomic mass is 10.1. The topological polar surface area (TPSA) is 28.2 Å². The van der Waals surface area contributed by atoms with Gasteiger partial charge in [0.2, 0.25) is 0 Å². The molecule has 0 spiro atoms. The third-order valence-electron chi connectivity index (χ3n) is 5.23. The summed E-state index contributed by atoms with van der Waals surface area (Å²) in [7, 11) is 0. The minimum absolute atomic E-state index is 0.734. The number of alkyl halides is 1. The summed E-state index contributed by atoms with van der Waals surface area (Å²) < 4.78 is 0. The van der Waals surface area contributed by atoms with Gasteiger partial charge in [0.25, 0.3) is 0 Å². The van der Waals surface area contributed by atoms with Crippen molar-refractivity contribution in [2.24, 2.45) is 0 Å². The maximum Gasteiger partial charge on any atom is 0.0730 e. The van der Waals surface area contributed by atoms with Crippen molar-refractivity contribution in [3.63, 3.8) is 0 Å². The van der Waals surface area contributed by atoms with Crippen molar-refractivity contribution in [3.05, 3.63) is 48.5 Å². The maximum atomic E-state index is 5.90. The van der Waals surface area contributed by atoms with Gasteiger partial charge in [-0.15, -0.1) is 11.6 Å². The van der Waals surface area contributed by atoms with Gasteiger partial charge in [0.05, 0.1) is 16.7 Å². The second kappa shape index (κ2) is 11.2. The third-order valence-corrected chi connectivity index (χ3v) is 5.40. The molecule has 1 aromatic heterocycles. The number of halogens is 1. The molecular weight excluding hydrogens is 366 g/mol. The van der Waals surface area contributed by atoms with E-state index in [1.54, 1.807) is 0 Å². The van der Waals surface area contributed by atoms with Crippen LogP contribution >= 0.6 is 11.6 Å². The summed E-state index contributed by atoms with van der Waals surface area (Å²) in [6, 6.07) is 16.8. The zero-order chi connectivity index (χ0) is 19.6. The van der Waals surface area contributed by atoms with E-state index >= 15 is 0 Å². The van der Waals surface area contributed by atoms with Crippen LogP contribution < -0.4 is 5.32 Å². The van der Waals surface area contributed by atoms with Crippen molar-refractivity contribution in [1.82, 2.24) is 9.88 Å². The molecule has 150 valence electrons. The lowest BCUT2D eigenvalue weighted by Gasteiger charge is -2.20. The highest BCUT2D eigenvalue weighted by molar-refractivity contribution is 6.18. The van der Waals surface area contributed by atoms with Crippen LogP contribution in [0.4, 0.5) is 5.69 Å². The number of unbranched alkanes of at least 4 members (excludes halogenated alkanes) is 3. The highest BCUT2D eigenvalue weighted by Gasteiger charge is 2.08. The Balaban J connectivity index is 1.51. The predicted molar refractivity (Wildman–Crippen MR) is 124 cm³/mol. The molecular formula is C24H32ClN3. The zero-order valence-electron chi connectivity index (χ0n) is 17.0. The minimum Gasteiger partial charge on any atom is -0.384 e. The molecule has 0 aliphatic heterocycles. The van der Waals surface area contributed by atoms with E-state index in [1.807, 2.05) is 0 Å². The summed E-state index contributed by atoms with van der Waals surface area (Å²) in [6.07, 6.45) is 6.19. The molecule has 0 aliphatic rings. The second-order valence-corrected chi connectivity index (χ2v) is 7.77. The monoisotopic (exact) mass is 397 g/mol. The Morgan fingerprint density at radius 2 is 1.46 bits per heavy atom. The molecule has 3 rings (SSSR count). The molecule has 3 nitrogen and oxygen atoms in total. The van der Waals surface area contributed by atoms with E-state index in [1.165, 1.54) is 55.1 Å². The van der Waals surface area contributed by atoms with Gasteiger partial charge in [-0.3, -0.25) is 0 Å². The Morgan fingerprint density at radius 1 is 0.821 bits per heavy atom. The summed E-state index contributed by atoms with van der Waals surface area (Å²) >= 11 is 5.90. The Morgan fingerprint density at radius 3 is 2.11 bits per heavy atom. The molecule has 0 bridgehead atoms. The van der Waals surface area contributed by atoms with Crippen LogP contribution in [0.25, 0.3) is 21.8 Å². The third kappa shape index (κ3) is 5.59. The standard InChI is InChI=1S/C24H32ClN3/c1-2-17-28(19-15-25)18-10-4-3-9-16-26-24-20-11-5-7-13-22(20)27-23-14-8-6-12-21(23)24/h5-8,11-14H,2-4,9-10,15-19H2,1H3,(H,26,27). The van der Waals surface area contributed by atoms with Gasteiger partial charge in [0, 0.05) is 29.7 Å². The number of nitrogens with one attached hydrogen (secondary N) is 1. The van der Waals surface area contributed by atoms with Crippen LogP contribution in [0.5, 0.6) is 0 Å². The van der Waals surface area contributed by atoms with E-state index in [0.29, 0.717) is 0 Å². The first-order chi connectivity index (χ1) is 13.8. The number of pyridine rings is 1. The molecule has 0 radical (unpaired) electrons. The number of nitrogens with zero attached hydrogens (tertiary/aromatic N) is 2. The molecule has 0 aliphatic carbocycles. The summed E-state index contributed by atoms with van der Waals surface area (Å²) in [4.78, 5) is 7.29. The molecule has 3 aromatic rings. The van der Waals surface area contributed by atoms with E-state index in [9.17, 15) is 0 Å². The molecule has 2 aromatic carbocycles. The van der Waals surface area contributed by atoms with Crippen molar-refractivity contribution in [1.29, 1.82) is 0 Å². The van der Waals surface area contributed by atoms with Gasteiger partial charge in [0.1, 0.15) is 0 Å². The molecule has 0 saturated carbocycles. The van der Waals surface area contributed by atoms with Crippen molar-refractivity contribution < 1.29 is 0 Å². The summed E-state index contributed by atoms with van der Waals surface area (Å²) in [6.45, 7) is 6.58. The van der Waals surface area contributed by atoms with Crippen molar-refractivity contribution in [2.75, 3.05) is 37.4 Å². The Kier molecular flexibility index (Phi) is 8.38. The van der Waals surface area contributed by atoms with Gasteiger partial charge in [0.15, 0.2) is 0 Å². The zero-order valence-corrected chi connectivity index (χ0v) is 17.7. The summed E-state index contributed by atoms with van der Waals surface area (Å²) in [5, 5.41) is 6.12. The number of para-hydroxylation sites is 2. The predicted octanol–water partition coefficient (Wildman–Crippen LogP) is 6.31. The van der Waals surface area contributed by atoms with Crippen molar-refractivity contribution >= 4 is 39.1 Å². The van der Waals surface area contributed by atoms with Gasteiger partial charge in [-0.1, -0.05) is 56.2 Å². The molecule has 0 unspecified atom stereocenters. The van der Waals surface area contributed by atoms with E-state index in [4.69, 9.17) is 16.6 Å².